The summed E-state index contributed by atoms with van der Waals surface area (Å²) in [4.78, 5) is 8.11. The summed E-state index contributed by atoms with van der Waals surface area (Å²) in [6.45, 7) is 2.17. The van der Waals surface area contributed by atoms with E-state index in [1.54, 1.807) is 0 Å². The van der Waals surface area contributed by atoms with Crippen LogP contribution in [0.2, 0.25) is 0 Å². The second-order valence-corrected chi connectivity index (χ2v) is 5.20. The molecule has 17 heavy (non-hydrogen) atoms. The molecule has 2 aliphatic heterocycles. The molecule has 3 rings (SSSR count). The number of piperidine rings is 1. The lowest BCUT2D eigenvalue weighted by atomic mass is 9.87. The van der Waals surface area contributed by atoms with Crippen LogP contribution < -0.4 is 0 Å². The summed E-state index contributed by atoms with van der Waals surface area (Å²) >= 11 is 0. The van der Waals surface area contributed by atoms with E-state index < -0.39 is 0 Å². The first-order chi connectivity index (χ1) is 8.27. The van der Waals surface area contributed by atoms with E-state index in [1.165, 1.54) is 18.5 Å². The Kier molecular flexibility index (Phi) is 2.63. The van der Waals surface area contributed by atoms with E-state index in [0.29, 0.717) is 0 Å². The van der Waals surface area contributed by atoms with Crippen molar-refractivity contribution in [3.8, 4) is 0 Å². The molecule has 1 unspecified atom stereocenters. The number of likely N-dealkylation sites (N-methyl/N-ethyl adjacent to an activating group) is 1. The predicted octanol–water partition coefficient (Wildman–Crippen LogP) is 2.28. The maximum absolute atomic E-state index is 5.77. The molecule has 1 aromatic rings. The molecule has 0 amide bonds. The third kappa shape index (κ3) is 2.07. The van der Waals surface area contributed by atoms with Gasteiger partial charge in [0.25, 0.3) is 0 Å². The number of nitrogens with zero attached hydrogens (tertiary/aromatic N) is 2. The highest BCUT2D eigenvalue weighted by molar-refractivity contribution is 6.01. The van der Waals surface area contributed by atoms with Crippen LogP contribution in [0.5, 0.6) is 0 Å². The molecule has 0 bridgehead atoms. The molecule has 0 radical (unpaired) electrons. The van der Waals surface area contributed by atoms with Crippen molar-refractivity contribution in [1.82, 2.24) is 4.90 Å². The highest BCUT2D eigenvalue weighted by Crippen LogP contribution is 2.34. The maximum Gasteiger partial charge on any atom is 0.156 e. The Morgan fingerprint density at radius 1 is 1.29 bits per heavy atom. The van der Waals surface area contributed by atoms with Crippen LogP contribution in [0.25, 0.3) is 0 Å². The number of hydrogen-bond acceptors (Lipinski definition) is 3. The Hall–Kier alpha value is -1.35. The summed E-state index contributed by atoms with van der Waals surface area (Å²) in [5.74, 6) is 0. The minimum absolute atomic E-state index is 0.0574. The molecule has 1 aromatic carbocycles. The molecule has 2 heterocycles. The molecule has 1 atom stereocenters. The summed E-state index contributed by atoms with van der Waals surface area (Å²) in [6.07, 6.45) is 3.27. The second kappa shape index (κ2) is 4.15. The summed E-state index contributed by atoms with van der Waals surface area (Å²) in [7, 11) is 2.16. The fourth-order valence-electron chi connectivity index (χ4n) is 2.85. The largest absolute Gasteiger partial charge is 0.387 e. The molecule has 1 saturated heterocycles. The number of likely N-dealkylation sites (tertiary alicyclic amines) is 1. The van der Waals surface area contributed by atoms with E-state index >= 15 is 0 Å². The standard InChI is InChI=1S/C14H18N2O/c1-16-9-5-8-14(11-16)10-13(15-17-14)12-6-3-2-4-7-12/h2-4,6-7H,5,8-11H2,1H3. The van der Waals surface area contributed by atoms with Crippen molar-refractivity contribution in [1.29, 1.82) is 0 Å². The molecular formula is C14H18N2O. The van der Waals surface area contributed by atoms with Gasteiger partial charge in [0.15, 0.2) is 5.60 Å². The van der Waals surface area contributed by atoms with Crippen molar-refractivity contribution < 1.29 is 4.84 Å². The Balaban J connectivity index is 1.76. The van der Waals surface area contributed by atoms with Crippen molar-refractivity contribution in [2.75, 3.05) is 20.1 Å². The fourth-order valence-corrected chi connectivity index (χ4v) is 2.85. The second-order valence-electron chi connectivity index (χ2n) is 5.20. The van der Waals surface area contributed by atoms with Gasteiger partial charge in [-0.3, -0.25) is 0 Å². The third-order valence-electron chi connectivity index (χ3n) is 3.68. The van der Waals surface area contributed by atoms with Crippen LogP contribution in [0.4, 0.5) is 0 Å². The van der Waals surface area contributed by atoms with Gasteiger partial charge < -0.3 is 9.74 Å². The first-order valence-corrected chi connectivity index (χ1v) is 6.26. The molecule has 0 N–H and O–H groups in total. The topological polar surface area (TPSA) is 24.8 Å². The van der Waals surface area contributed by atoms with Crippen LogP contribution >= 0.6 is 0 Å². The molecule has 0 saturated carbocycles. The van der Waals surface area contributed by atoms with E-state index in [4.69, 9.17) is 4.84 Å². The first kappa shape index (κ1) is 10.8. The first-order valence-electron chi connectivity index (χ1n) is 6.26. The van der Waals surface area contributed by atoms with Gasteiger partial charge in [-0.1, -0.05) is 35.5 Å². The maximum atomic E-state index is 5.77. The van der Waals surface area contributed by atoms with Gasteiger partial charge in [-0.25, -0.2) is 0 Å². The van der Waals surface area contributed by atoms with Gasteiger partial charge in [-0.2, -0.15) is 0 Å². The zero-order valence-corrected chi connectivity index (χ0v) is 10.2. The van der Waals surface area contributed by atoms with Crippen molar-refractivity contribution in [2.24, 2.45) is 5.16 Å². The van der Waals surface area contributed by atoms with Crippen LogP contribution in [-0.2, 0) is 4.84 Å². The van der Waals surface area contributed by atoms with Gasteiger partial charge in [-0.15, -0.1) is 0 Å². The summed E-state index contributed by atoms with van der Waals surface area (Å²) < 4.78 is 0. The van der Waals surface area contributed by atoms with Gasteiger partial charge in [0, 0.05) is 13.0 Å². The van der Waals surface area contributed by atoms with E-state index in [0.717, 1.165) is 25.1 Å². The lowest BCUT2D eigenvalue weighted by Crippen LogP contribution is -2.46. The monoisotopic (exact) mass is 230 g/mol. The number of benzene rings is 1. The predicted molar refractivity (Wildman–Crippen MR) is 68.1 cm³/mol. The Morgan fingerprint density at radius 2 is 2.12 bits per heavy atom. The van der Waals surface area contributed by atoms with Gasteiger partial charge in [0.1, 0.15) is 0 Å². The average Bonchev–Trinajstić information content (AvgIpc) is 2.74. The van der Waals surface area contributed by atoms with Gasteiger partial charge >= 0.3 is 0 Å². The molecule has 2 aliphatic rings. The molecule has 0 aromatic heterocycles. The van der Waals surface area contributed by atoms with Crippen molar-refractivity contribution in [3.05, 3.63) is 35.9 Å². The van der Waals surface area contributed by atoms with Crippen LogP contribution in [0.15, 0.2) is 35.5 Å². The quantitative estimate of drug-likeness (QED) is 0.739. The third-order valence-corrected chi connectivity index (χ3v) is 3.68. The minimum Gasteiger partial charge on any atom is -0.387 e. The molecular weight excluding hydrogens is 212 g/mol. The van der Waals surface area contributed by atoms with Gasteiger partial charge in [0.05, 0.1) is 5.71 Å². The van der Waals surface area contributed by atoms with Crippen LogP contribution in [0, 0.1) is 0 Å². The summed E-state index contributed by atoms with van der Waals surface area (Å²) in [5, 5.41) is 4.31. The molecule has 90 valence electrons. The lowest BCUT2D eigenvalue weighted by Gasteiger charge is -2.36. The van der Waals surface area contributed by atoms with Gasteiger partial charge in [-0.05, 0) is 32.0 Å². The van der Waals surface area contributed by atoms with E-state index in [1.807, 2.05) is 6.07 Å². The van der Waals surface area contributed by atoms with Gasteiger partial charge in [0.2, 0.25) is 0 Å². The lowest BCUT2D eigenvalue weighted by molar-refractivity contribution is -0.0631. The molecule has 3 heteroatoms. The Bertz CT molecular complexity index is 429. The summed E-state index contributed by atoms with van der Waals surface area (Å²) in [5.41, 5.74) is 2.23. The molecule has 3 nitrogen and oxygen atoms in total. The van der Waals surface area contributed by atoms with E-state index in [9.17, 15) is 0 Å². The van der Waals surface area contributed by atoms with Crippen LogP contribution in [-0.4, -0.2) is 36.3 Å². The van der Waals surface area contributed by atoms with Crippen molar-refractivity contribution in [3.63, 3.8) is 0 Å². The average molecular weight is 230 g/mol. The number of oxime groups is 1. The smallest absolute Gasteiger partial charge is 0.156 e. The normalized spacial score (nSPS) is 29.1. The number of hydrogen-bond donors (Lipinski definition) is 0. The van der Waals surface area contributed by atoms with Crippen molar-refractivity contribution in [2.45, 2.75) is 24.9 Å². The number of rotatable bonds is 1. The minimum atomic E-state index is -0.0574. The van der Waals surface area contributed by atoms with Crippen LogP contribution in [0.1, 0.15) is 24.8 Å². The molecule has 1 fully saturated rings. The van der Waals surface area contributed by atoms with E-state index in [2.05, 4.69) is 41.4 Å². The fraction of sp³-hybridized carbons (Fsp3) is 0.500. The Labute approximate surface area is 102 Å². The SMILES string of the molecule is CN1CCCC2(CC(c3ccccc3)=NO2)C1. The van der Waals surface area contributed by atoms with E-state index in [-0.39, 0.29) is 5.60 Å². The zero-order valence-electron chi connectivity index (χ0n) is 10.2. The summed E-state index contributed by atoms with van der Waals surface area (Å²) in [6, 6.07) is 10.3. The zero-order chi connectivity index (χ0) is 11.7. The molecule has 1 spiro atoms. The van der Waals surface area contributed by atoms with Crippen LogP contribution in [0.3, 0.4) is 0 Å². The Morgan fingerprint density at radius 3 is 2.88 bits per heavy atom. The highest BCUT2D eigenvalue weighted by Gasteiger charge is 2.42. The molecule has 0 aliphatic carbocycles. The van der Waals surface area contributed by atoms with Crippen molar-refractivity contribution >= 4 is 5.71 Å². The highest BCUT2D eigenvalue weighted by atomic mass is 16.7.